The molecule has 3 rings (SSSR count). The van der Waals surface area contributed by atoms with Gasteiger partial charge < -0.3 is 9.80 Å². The number of benzene rings is 1. The second-order valence-electron chi connectivity index (χ2n) is 6.06. The second kappa shape index (κ2) is 6.10. The molecule has 0 atom stereocenters. The van der Waals surface area contributed by atoms with Gasteiger partial charge in [-0.2, -0.15) is 0 Å². The fraction of sp³-hybridized carbons (Fsp3) is 0.412. The van der Waals surface area contributed by atoms with Gasteiger partial charge in [-0.25, -0.2) is 18.7 Å². The maximum absolute atomic E-state index is 13.6. The van der Waals surface area contributed by atoms with Crippen LogP contribution in [-0.4, -0.2) is 43.1 Å². The van der Waals surface area contributed by atoms with Gasteiger partial charge in [0.2, 0.25) is 5.95 Å². The summed E-state index contributed by atoms with van der Waals surface area (Å²) in [4.78, 5) is 12.2. The smallest absolute Gasteiger partial charge is 0.265 e. The number of alkyl halides is 2. The fourth-order valence-electron chi connectivity index (χ4n) is 2.73. The van der Waals surface area contributed by atoms with Gasteiger partial charge in [-0.05, 0) is 24.6 Å². The van der Waals surface area contributed by atoms with Gasteiger partial charge in [0.15, 0.2) is 0 Å². The Kier molecular flexibility index (Phi) is 4.15. The van der Waals surface area contributed by atoms with Crippen molar-refractivity contribution in [3.63, 3.8) is 0 Å². The van der Waals surface area contributed by atoms with Crippen LogP contribution in [0.2, 0.25) is 0 Å². The van der Waals surface area contributed by atoms with Crippen LogP contribution in [0.3, 0.4) is 0 Å². The summed E-state index contributed by atoms with van der Waals surface area (Å²) in [6.45, 7) is 0.259. The molecule has 0 N–H and O–H groups in total. The van der Waals surface area contributed by atoms with Gasteiger partial charge in [-0.3, -0.25) is 0 Å². The van der Waals surface area contributed by atoms with Crippen LogP contribution in [0.1, 0.15) is 12.8 Å². The van der Waals surface area contributed by atoms with Gasteiger partial charge in [-0.1, -0.05) is 12.1 Å². The number of halogens is 2. The molecule has 0 unspecified atom stereocenters. The van der Waals surface area contributed by atoms with E-state index in [1.807, 2.05) is 43.3 Å². The van der Waals surface area contributed by atoms with E-state index in [2.05, 4.69) is 9.97 Å². The lowest BCUT2D eigenvalue weighted by Crippen LogP contribution is -2.43. The fourth-order valence-corrected chi connectivity index (χ4v) is 2.73. The van der Waals surface area contributed by atoms with E-state index in [1.165, 1.54) is 0 Å². The Balaban J connectivity index is 1.85. The summed E-state index contributed by atoms with van der Waals surface area (Å²) in [5, 5.41) is 0. The molecule has 1 aromatic heterocycles. The van der Waals surface area contributed by atoms with Crippen molar-refractivity contribution < 1.29 is 8.78 Å². The Bertz CT molecular complexity index is 671. The second-order valence-corrected chi connectivity index (χ2v) is 6.06. The van der Waals surface area contributed by atoms with E-state index < -0.39 is 5.92 Å². The lowest BCUT2D eigenvalue weighted by atomic mass is 10.1. The average molecular weight is 318 g/mol. The molecule has 1 aliphatic rings. The zero-order valence-corrected chi connectivity index (χ0v) is 13.3. The van der Waals surface area contributed by atoms with Crippen molar-refractivity contribution in [3.05, 3.63) is 36.5 Å². The summed E-state index contributed by atoms with van der Waals surface area (Å²) in [7, 11) is 3.96. The molecule has 0 saturated carbocycles. The molecule has 0 bridgehead atoms. The minimum Gasteiger partial charge on any atom is -0.378 e. The van der Waals surface area contributed by atoms with E-state index in [9.17, 15) is 8.78 Å². The van der Waals surface area contributed by atoms with E-state index in [4.69, 9.17) is 0 Å². The summed E-state index contributed by atoms with van der Waals surface area (Å²) in [5.41, 5.74) is 2.79. The van der Waals surface area contributed by atoms with Crippen molar-refractivity contribution in [1.82, 2.24) is 9.97 Å². The predicted molar refractivity (Wildman–Crippen MR) is 88.2 cm³/mol. The van der Waals surface area contributed by atoms with Crippen molar-refractivity contribution in [2.75, 3.05) is 37.0 Å². The Morgan fingerprint density at radius 2 is 1.87 bits per heavy atom. The molecule has 1 aromatic carbocycles. The standard InChI is InChI=1S/C17H20F2N4/c1-22(2)14-6-4-13(5-7-14)15-8-10-20-16(21-15)23-11-3-9-17(18,19)12-23/h4-8,10H,3,9,11-12H2,1-2H3. The third-order valence-electron chi connectivity index (χ3n) is 4.00. The first kappa shape index (κ1) is 15.6. The maximum Gasteiger partial charge on any atom is 0.265 e. The first-order valence-electron chi connectivity index (χ1n) is 7.68. The zero-order chi connectivity index (χ0) is 16.4. The van der Waals surface area contributed by atoms with Gasteiger partial charge in [-0.15, -0.1) is 0 Å². The summed E-state index contributed by atoms with van der Waals surface area (Å²) in [5.74, 6) is -2.29. The normalized spacial score (nSPS) is 17.1. The molecule has 2 aromatic rings. The Labute approximate surface area is 134 Å². The van der Waals surface area contributed by atoms with Crippen LogP contribution in [0.15, 0.2) is 36.5 Å². The Morgan fingerprint density at radius 3 is 2.52 bits per heavy atom. The molecular formula is C17H20F2N4. The third kappa shape index (κ3) is 3.57. The van der Waals surface area contributed by atoms with Crippen LogP contribution in [0.5, 0.6) is 0 Å². The van der Waals surface area contributed by atoms with Crippen molar-refractivity contribution in [2.24, 2.45) is 0 Å². The van der Waals surface area contributed by atoms with Crippen LogP contribution < -0.4 is 9.80 Å². The number of hydrogen-bond acceptors (Lipinski definition) is 4. The van der Waals surface area contributed by atoms with E-state index in [-0.39, 0.29) is 13.0 Å². The quantitative estimate of drug-likeness (QED) is 0.868. The first-order valence-corrected chi connectivity index (χ1v) is 7.68. The largest absolute Gasteiger partial charge is 0.378 e. The van der Waals surface area contributed by atoms with Gasteiger partial charge in [0, 0.05) is 44.5 Å². The molecular weight excluding hydrogens is 298 g/mol. The molecule has 1 aliphatic heterocycles. The Hall–Kier alpha value is -2.24. The van der Waals surface area contributed by atoms with Crippen LogP contribution in [0.25, 0.3) is 11.3 Å². The van der Waals surface area contributed by atoms with Crippen molar-refractivity contribution in [2.45, 2.75) is 18.8 Å². The molecule has 4 nitrogen and oxygen atoms in total. The monoisotopic (exact) mass is 318 g/mol. The summed E-state index contributed by atoms with van der Waals surface area (Å²) < 4.78 is 27.2. The predicted octanol–water partition coefficient (Wildman–Crippen LogP) is 3.45. The van der Waals surface area contributed by atoms with Crippen LogP contribution in [0, 0.1) is 0 Å². The average Bonchev–Trinajstić information content (AvgIpc) is 2.54. The SMILES string of the molecule is CN(C)c1ccc(-c2ccnc(N3CCCC(F)(F)C3)n2)cc1. The van der Waals surface area contributed by atoms with Crippen LogP contribution in [-0.2, 0) is 0 Å². The van der Waals surface area contributed by atoms with E-state index >= 15 is 0 Å². The highest BCUT2D eigenvalue weighted by molar-refractivity contribution is 5.63. The zero-order valence-electron chi connectivity index (χ0n) is 13.3. The minimum atomic E-state index is -2.66. The Morgan fingerprint density at radius 1 is 1.13 bits per heavy atom. The number of piperidine rings is 1. The van der Waals surface area contributed by atoms with Crippen molar-refractivity contribution in [3.8, 4) is 11.3 Å². The van der Waals surface area contributed by atoms with Gasteiger partial charge >= 0.3 is 0 Å². The third-order valence-corrected chi connectivity index (χ3v) is 4.00. The molecule has 6 heteroatoms. The van der Waals surface area contributed by atoms with Crippen LogP contribution >= 0.6 is 0 Å². The summed E-state index contributed by atoms with van der Waals surface area (Å²) in [6, 6.07) is 9.77. The number of aromatic nitrogens is 2. The molecule has 0 aliphatic carbocycles. The highest BCUT2D eigenvalue weighted by Gasteiger charge is 2.36. The molecule has 0 spiro atoms. The van der Waals surface area contributed by atoms with Crippen LogP contribution in [0.4, 0.5) is 20.4 Å². The summed E-state index contributed by atoms with van der Waals surface area (Å²) in [6.07, 6.45) is 2.03. The molecule has 0 amide bonds. The molecule has 0 radical (unpaired) electrons. The molecule has 122 valence electrons. The van der Waals surface area contributed by atoms with E-state index in [0.717, 1.165) is 16.9 Å². The first-order chi connectivity index (χ1) is 10.9. The minimum absolute atomic E-state index is 0.0603. The number of anilines is 2. The van der Waals surface area contributed by atoms with Crippen molar-refractivity contribution >= 4 is 11.6 Å². The molecule has 1 fully saturated rings. The van der Waals surface area contributed by atoms with Gasteiger partial charge in [0.25, 0.3) is 5.92 Å². The molecule has 23 heavy (non-hydrogen) atoms. The van der Waals surface area contributed by atoms with Gasteiger partial charge in [0.05, 0.1) is 12.2 Å². The lowest BCUT2D eigenvalue weighted by Gasteiger charge is -2.32. The molecule has 2 heterocycles. The number of hydrogen-bond donors (Lipinski definition) is 0. The highest BCUT2D eigenvalue weighted by atomic mass is 19.3. The number of nitrogens with zero attached hydrogens (tertiary/aromatic N) is 4. The summed E-state index contributed by atoms with van der Waals surface area (Å²) >= 11 is 0. The lowest BCUT2D eigenvalue weighted by molar-refractivity contribution is -0.0120. The highest BCUT2D eigenvalue weighted by Crippen LogP contribution is 2.29. The maximum atomic E-state index is 13.6. The van der Waals surface area contributed by atoms with Gasteiger partial charge in [0.1, 0.15) is 0 Å². The van der Waals surface area contributed by atoms with E-state index in [1.54, 1.807) is 17.2 Å². The molecule has 1 saturated heterocycles. The number of rotatable bonds is 3. The van der Waals surface area contributed by atoms with Crippen molar-refractivity contribution in [1.29, 1.82) is 0 Å². The van der Waals surface area contributed by atoms with E-state index in [0.29, 0.717) is 18.9 Å². The topological polar surface area (TPSA) is 32.3 Å².